The number of hydrogen-bond acceptors (Lipinski definition) is 5. The van der Waals surface area contributed by atoms with E-state index in [0.29, 0.717) is 6.54 Å². The lowest BCUT2D eigenvalue weighted by atomic mass is 10.3. The molecule has 0 radical (unpaired) electrons. The van der Waals surface area contributed by atoms with Gasteiger partial charge in [-0.25, -0.2) is 4.98 Å². The Labute approximate surface area is 122 Å². The van der Waals surface area contributed by atoms with Crippen LogP contribution in [0.4, 0.5) is 5.82 Å². The Balaban J connectivity index is 1.69. The summed E-state index contributed by atoms with van der Waals surface area (Å²) in [6.45, 7) is 5.23. The molecular formula is C14H18N4OS. The monoisotopic (exact) mass is 290 g/mol. The first-order valence-corrected chi connectivity index (χ1v) is 7.40. The van der Waals surface area contributed by atoms with E-state index in [1.165, 1.54) is 11.3 Å². The zero-order valence-corrected chi connectivity index (χ0v) is 12.5. The van der Waals surface area contributed by atoms with Gasteiger partial charge in [-0.1, -0.05) is 6.07 Å². The molecule has 6 heteroatoms. The van der Waals surface area contributed by atoms with Crippen LogP contribution in [-0.2, 0) is 0 Å². The lowest BCUT2D eigenvalue weighted by Gasteiger charge is -2.08. The number of aromatic nitrogens is 2. The van der Waals surface area contributed by atoms with Gasteiger partial charge in [0.2, 0.25) is 0 Å². The fourth-order valence-corrected chi connectivity index (χ4v) is 2.34. The van der Waals surface area contributed by atoms with Crippen LogP contribution < -0.4 is 10.6 Å². The molecule has 0 saturated carbocycles. The number of thiophene rings is 1. The summed E-state index contributed by atoms with van der Waals surface area (Å²) in [4.78, 5) is 21.1. The van der Waals surface area contributed by atoms with Gasteiger partial charge in [0.15, 0.2) is 0 Å². The molecule has 2 aromatic heterocycles. The number of nitrogens with one attached hydrogen (secondary N) is 2. The smallest absolute Gasteiger partial charge is 0.261 e. The van der Waals surface area contributed by atoms with E-state index in [9.17, 15) is 4.79 Å². The van der Waals surface area contributed by atoms with E-state index >= 15 is 0 Å². The second-order valence-corrected chi connectivity index (χ2v) is 5.41. The van der Waals surface area contributed by atoms with E-state index in [4.69, 9.17) is 0 Å². The van der Waals surface area contributed by atoms with E-state index < -0.39 is 0 Å². The summed E-state index contributed by atoms with van der Waals surface area (Å²) in [7, 11) is 0. The van der Waals surface area contributed by atoms with Crippen molar-refractivity contribution in [3.63, 3.8) is 0 Å². The van der Waals surface area contributed by atoms with Gasteiger partial charge in [0.25, 0.3) is 5.91 Å². The Morgan fingerprint density at radius 3 is 2.95 bits per heavy atom. The highest BCUT2D eigenvalue weighted by atomic mass is 32.1. The zero-order valence-electron chi connectivity index (χ0n) is 11.6. The van der Waals surface area contributed by atoms with Crippen LogP contribution >= 0.6 is 11.3 Å². The van der Waals surface area contributed by atoms with Crippen LogP contribution in [0.1, 0.15) is 27.5 Å². The predicted octanol–water partition coefficient (Wildman–Crippen LogP) is 2.39. The Hall–Kier alpha value is -1.95. The molecule has 0 saturated heterocycles. The van der Waals surface area contributed by atoms with Crippen molar-refractivity contribution in [2.24, 2.45) is 0 Å². The minimum atomic E-state index is -0.00784. The predicted molar refractivity (Wildman–Crippen MR) is 81.3 cm³/mol. The summed E-state index contributed by atoms with van der Waals surface area (Å²) in [5.74, 6) is 0.807. The molecule has 0 aromatic carbocycles. The molecule has 0 atom stereocenters. The van der Waals surface area contributed by atoms with Gasteiger partial charge in [-0.3, -0.25) is 9.78 Å². The highest BCUT2D eigenvalue weighted by molar-refractivity contribution is 7.12. The van der Waals surface area contributed by atoms with Crippen molar-refractivity contribution in [3.8, 4) is 0 Å². The van der Waals surface area contributed by atoms with Crippen LogP contribution in [0.3, 0.4) is 0 Å². The number of carbonyl (C=O) groups excluding carboxylic acids is 1. The molecule has 2 N–H and O–H groups in total. The van der Waals surface area contributed by atoms with Crippen LogP contribution in [-0.4, -0.2) is 29.0 Å². The standard InChI is InChI=1S/C14H18N4OS/c1-10-9-17-11(2)13(18-10)15-6-4-7-16-14(19)12-5-3-8-20-12/h3,5,8-9H,4,6-7H2,1-2H3,(H,15,18)(H,16,19). The number of hydrogen-bond donors (Lipinski definition) is 2. The lowest BCUT2D eigenvalue weighted by molar-refractivity contribution is 0.0957. The van der Waals surface area contributed by atoms with Gasteiger partial charge in [-0.05, 0) is 31.7 Å². The van der Waals surface area contributed by atoms with Crippen molar-refractivity contribution in [3.05, 3.63) is 40.0 Å². The van der Waals surface area contributed by atoms with E-state index in [1.54, 1.807) is 6.20 Å². The fourth-order valence-electron chi connectivity index (χ4n) is 1.70. The summed E-state index contributed by atoms with van der Waals surface area (Å²) in [6, 6.07) is 3.70. The van der Waals surface area contributed by atoms with Crippen LogP contribution in [0.5, 0.6) is 0 Å². The first-order valence-electron chi connectivity index (χ1n) is 6.52. The van der Waals surface area contributed by atoms with Crippen molar-refractivity contribution in [2.45, 2.75) is 20.3 Å². The summed E-state index contributed by atoms with van der Waals surface area (Å²) >= 11 is 1.45. The average Bonchev–Trinajstić information content (AvgIpc) is 2.96. The highest BCUT2D eigenvalue weighted by Crippen LogP contribution is 2.09. The lowest BCUT2D eigenvalue weighted by Crippen LogP contribution is -2.25. The van der Waals surface area contributed by atoms with Crippen molar-refractivity contribution >= 4 is 23.1 Å². The molecule has 106 valence electrons. The highest BCUT2D eigenvalue weighted by Gasteiger charge is 2.05. The van der Waals surface area contributed by atoms with E-state index in [-0.39, 0.29) is 5.91 Å². The molecular weight excluding hydrogens is 272 g/mol. The first kappa shape index (κ1) is 14.5. The number of anilines is 1. The van der Waals surface area contributed by atoms with E-state index in [1.807, 2.05) is 31.4 Å². The molecule has 0 aliphatic carbocycles. The molecule has 0 bridgehead atoms. The van der Waals surface area contributed by atoms with Crippen LogP contribution in [0.15, 0.2) is 23.7 Å². The van der Waals surface area contributed by atoms with Gasteiger partial charge >= 0.3 is 0 Å². The van der Waals surface area contributed by atoms with Crippen molar-refractivity contribution in [1.29, 1.82) is 0 Å². The minimum absolute atomic E-state index is 0.00784. The Morgan fingerprint density at radius 1 is 1.35 bits per heavy atom. The molecule has 0 unspecified atom stereocenters. The molecule has 20 heavy (non-hydrogen) atoms. The van der Waals surface area contributed by atoms with Crippen molar-refractivity contribution in [1.82, 2.24) is 15.3 Å². The molecule has 2 heterocycles. The van der Waals surface area contributed by atoms with E-state index in [0.717, 1.165) is 35.0 Å². The number of carbonyl (C=O) groups is 1. The third-order valence-corrected chi connectivity index (χ3v) is 3.62. The van der Waals surface area contributed by atoms with Gasteiger partial charge in [0.1, 0.15) is 5.82 Å². The molecule has 2 rings (SSSR count). The van der Waals surface area contributed by atoms with Crippen LogP contribution in [0.25, 0.3) is 0 Å². The summed E-state index contributed by atoms with van der Waals surface area (Å²) in [5, 5.41) is 8.03. The number of amides is 1. The number of rotatable bonds is 6. The molecule has 0 aliphatic rings. The molecule has 0 fully saturated rings. The quantitative estimate of drug-likeness (QED) is 0.802. The van der Waals surface area contributed by atoms with Gasteiger partial charge in [0, 0.05) is 19.3 Å². The van der Waals surface area contributed by atoms with Gasteiger partial charge in [-0.15, -0.1) is 11.3 Å². The Bertz CT molecular complexity index is 569. The largest absolute Gasteiger partial charge is 0.368 e. The SMILES string of the molecule is Cc1cnc(C)c(NCCCNC(=O)c2cccs2)n1. The molecule has 5 nitrogen and oxygen atoms in total. The number of nitrogens with zero attached hydrogens (tertiary/aromatic N) is 2. The Morgan fingerprint density at radius 2 is 2.20 bits per heavy atom. The summed E-state index contributed by atoms with van der Waals surface area (Å²) in [5.41, 5.74) is 1.78. The van der Waals surface area contributed by atoms with E-state index in [2.05, 4.69) is 20.6 Å². The molecule has 2 aromatic rings. The maximum absolute atomic E-state index is 11.7. The molecule has 0 spiro atoms. The minimum Gasteiger partial charge on any atom is -0.368 e. The van der Waals surface area contributed by atoms with Crippen LogP contribution in [0.2, 0.25) is 0 Å². The maximum atomic E-state index is 11.7. The summed E-state index contributed by atoms with van der Waals surface area (Å²) < 4.78 is 0. The zero-order chi connectivity index (χ0) is 14.4. The van der Waals surface area contributed by atoms with Gasteiger partial charge < -0.3 is 10.6 Å². The normalized spacial score (nSPS) is 10.3. The topological polar surface area (TPSA) is 66.9 Å². The van der Waals surface area contributed by atoms with Crippen LogP contribution in [0, 0.1) is 13.8 Å². The van der Waals surface area contributed by atoms with Gasteiger partial charge in [0.05, 0.1) is 16.3 Å². The first-order chi connectivity index (χ1) is 9.66. The fraction of sp³-hybridized carbons (Fsp3) is 0.357. The van der Waals surface area contributed by atoms with Crippen molar-refractivity contribution in [2.75, 3.05) is 18.4 Å². The maximum Gasteiger partial charge on any atom is 0.261 e. The van der Waals surface area contributed by atoms with Crippen molar-refractivity contribution < 1.29 is 4.79 Å². The second kappa shape index (κ2) is 7.00. The third kappa shape index (κ3) is 4.03. The number of aryl methyl sites for hydroxylation is 2. The second-order valence-electron chi connectivity index (χ2n) is 4.46. The van der Waals surface area contributed by atoms with Gasteiger partial charge in [-0.2, -0.15) is 0 Å². The Kier molecular flexibility index (Phi) is 5.06. The average molecular weight is 290 g/mol. The summed E-state index contributed by atoms with van der Waals surface area (Å²) in [6.07, 6.45) is 2.59. The molecule has 1 amide bonds. The third-order valence-electron chi connectivity index (χ3n) is 2.75. The molecule has 0 aliphatic heterocycles.